The number of hydrogen-bond acceptors (Lipinski definition) is 2. The zero-order valence-electron chi connectivity index (χ0n) is 13.0. The molecule has 1 saturated heterocycles. The second-order valence-corrected chi connectivity index (χ2v) is 6.56. The molecule has 4 unspecified atom stereocenters. The minimum Gasteiger partial charge on any atom is -0.323 e. The quantitative estimate of drug-likeness (QED) is 0.848. The van der Waals surface area contributed by atoms with E-state index in [2.05, 4.69) is 37.9 Å². The van der Waals surface area contributed by atoms with Crippen molar-refractivity contribution in [2.75, 3.05) is 0 Å². The zero-order valence-corrected chi connectivity index (χ0v) is 13.0. The molecule has 19 heavy (non-hydrogen) atoms. The van der Waals surface area contributed by atoms with Gasteiger partial charge in [0.25, 0.3) is 0 Å². The summed E-state index contributed by atoms with van der Waals surface area (Å²) in [5.74, 6) is 1.72. The first-order valence-corrected chi connectivity index (χ1v) is 8.18. The zero-order chi connectivity index (χ0) is 14.0. The Labute approximate surface area is 118 Å². The van der Waals surface area contributed by atoms with Gasteiger partial charge in [0.2, 0.25) is 5.91 Å². The normalized spacial score (nSPS) is 36.3. The van der Waals surface area contributed by atoms with E-state index in [1.54, 1.807) is 0 Å². The van der Waals surface area contributed by atoms with Crippen molar-refractivity contribution < 1.29 is 4.79 Å². The summed E-state index contributed by atoms with van der Waals surface area (Å²) in [5, 5.41) is 3.52. The van der Waals surface area contributed by atoms with Gasteiger partial charge in [-0.25, -0.2) is 0 Å². The Kier molecular flexibility index (Phi) is 4.88. The molecule has 0 aromatic carbocycles. The van der Waals surface area contributed by atoms with Gasteiger partial charge in [-0.2, -0.15) is 0 Å². The van der Waals surface area contributed by atoms with Gasteiger partial charge in [0, 0.05) is 6.04 Å². The highest BCUT2D eigenvalue weighted by molar-refractivity contribution is 5.84. The third-order valence-electron chi connectivity index (χ3n) is 5.07. The van der Waals surface area contributed by atoms with Crippen LogP contribution in [0.4, 0.5) is 0 Å². The van der Waals surface area contributed by atoms with Gasteiger partial charge in [0.1, 0.15) is 0 Å². The van der Waals surface area contributed by atoms with E-state index in [0.717, 1.165) is 12.8 Å². The number of hydrogen-bond donors (Lipinski definition) is 1. The van der Waals surface area contributed by atoms with Gasteiger partial charge in [-0.05, 0) is 37.5 Å². The Morgan fingerprint density at radius 1 is 1.21 bits per heavy atom. The minimum absolute atomic E-state index is 0.0553. The van der Waals surface area contributed by atoms with Crippen LogP contribution in [-0.4, -0.2) is 29.1 Å². The lowest BCUT2D eigenvalue weighted by Crippen LogP contribution is -2.50. The lowest BCUT2D eigenvalue weighted by atomic mass is 9.77. The predicted molar refractivity (Wildman–Crippen MR) is 78.7 cm³/mol. The number of carbonyl (C=O) groups excluding carboxylic acids is 1. The highest BCUT2D eigenvalue weighted by Crippen LogP contribution is 2.36. The van der Waals surface area contributed by atoms with Crippen molar-refractivity contribution in [2.24, 2.45) is 11.8 Å². The average Bonchev–Trinajstić information content (AvgIpc) is 2.74. The van der Waals surface area contributed by atoms with Crippen molar-refractivity contribution in [3.8, 4) is 0 Å². The van der Waals surface area contributed by atoms with Crippen molar-refractivity contribution in [2.45, 2.75) is 84.5 Å². The van der Waals surface area contributed by atoms with Gasteiger partial charge in [-0.3, -0.25) is 10.1 Å². The third-order valence-corrected chi connectivity index (χ3v) is 5.07. The van der Waals surface area contributed by atoms with E-state index < -0.39 is 0 Å². The Morgan fingerprint density at radius 2 is 1.89 bits per heavy atom. The summed E-state index contributed by atoms with van der Waals surface area (Å²) in [7, 11) is 0. The summed E-state index contributed by atoms with van der Waals surface area (Å²) >= 11 is 0. The van der Waals surface area contributed by atoms with Crippen LogP contribution < -0.4 is 5.32 Å². The average molecular weight is 266 g/mol. The molecule has 1 aliphatic heterocycles. The number of nitrogens with one attached hydrogen (secondary N) is 1. The molecule has 3 heteroatoms. The Morgan fingerprint density at radius 3 is 2.47 bits per heavy atom. The van der Waals surface area contributed by atoms with E-state index in [4.69, 9.17) is 0 Å². The molecule has 2 rings (SSSR count). The van der Waals surface area contributed by atoms with Crippen molar-refractivity contribution in [3.63, 3.8) is 0 Å². The van der Waals surface area contributed by atoms with Crippen LogP contribution in [-0.2, 0) is 4.79 Å². The molecular weight excluding hydrogens is 236 g/mol. The van der Waals surface area contributed by atoms with Crippen LogP contribution in [0.5, 0.6) is 0 Å². The minimum atomic E-state index is 0.0553. The summed E-state index contributed by atoms with van der Waals surface area (Å²) in [5.41, 5.74) is 0. The van der Waals surface area contributed by atoms with E-state index in [-0.39, 0.29) is 12.2 Å². The Hall–Kier alpha value is -0.570. The number of amides is 1. The molecule has 1 heterocycles. The molecule has 1 N–H and O–H groups in total. The van der Waals surface area contributed by atoms with E-state index in [1.807, 2.05) is 0 Å². The van der Waals surface area contributed by atoms with E-state index in [9.17, 15) is 4.79 Å². The van der Waals surface area contributed by atoms with Crippen LogP contribution in [0.1, 0.15) is 66.2 Å². The lowest BCUT2D eigenvalue weighted by molar-refractivity contribution is -0.134. The lowest BCUT2D eigenvalue weighted by Gasteiger charge is -2.42. The first-order chi connectivity index (χ1) is 9.10. The van der Waals surface area contributed by atoms with Crippen molar-refractivity contribution in [1.29, 1.82) is 0 Å². The summed E-state index contributed by atoms with van der Waals surface area (Å²) in [6.07, 6.45) is 7.30. The fraction of sp³-hybridized carbons (Fsp3) is 0.938. The van der Waals surface area contributed by atoms with Crippen molar-refractivity contribution in [3.05, 3.63) is 0 Å². The Balaban J connectivity index is 2.19. The summed E-state index contributed by atoms with van der Waals surface area (Å²) in [4.78, 5) is 14.9. The standard InChI is InChI=1S/C16H30N2O/c1-5-13-16(19)18(15(6-2)17-13)14-10-8-7-9-12(14)11(3)4/h11-15,17H,5-10H2,1-4H3. The van der Waals surface area contributed by atoms with Crippen LogP contribution in [0.25, 0.3) is 0 Å². The molecule has 0 aromatic rings. The number of rotatable bonds is 4. The molecular formula is C16H30N2O. The van der Waals surface area contributed by atoms with Crippen LogP contribution in [0.15, 0.2) is 0 Å². The molecule has 0 radical (unpaired) electrons. The predicted octanol–water partition coefficient (Wildman–Crippen LogP) is 3.15. The van der Waals surface area contributed by atoms with Crippen LogP contribution >= 0.6 is 0 Å². The molecule has 1 amide bonds. The van der Waals surface area contributed by atoms with E-state index in [0.29, 0.717) is 23.8 Å². The molecule has 1 saturated carbocycles. The smallest absolute Gasteiger partial charge is 0.241 e. The molecule has 3 nitrogen and oxygen atoms in total. The second kappa shape index (κ2) is 6.25. The van der Waals surface area contributed by atoms with Gasteiger partial charge in [0.05, 0.1) is 12.2 Å². The summed E-state index contributed by atoms with van der Waals surface area (Å²) in [6.45, 7) is 8.92. The van der Waals surface area contributed by atoms with Crippen LogP contribution in [0, 0.1) is 11.8 Å². The third kappa shape index (κ3) is 2.81. The Bertz CT molecular complexity index is 316. The molecule has 4 atom stereocenters. The molecule has 0 bridgehead atoms. The first kappa shape index (κ1) is 14.8. The second-order valence-electron chi connectivity index (χ2n) is 6.56. The summed E-state index contributed by atoms with van der Waals surface area (Å²) in [6, 6.07) is 0.523. The maximum absolute atomic E-state index is 12.6. The molecule has 0 spiro atoms. The maximum Gasteiger partial charge on any atom is 0.241 e. The van der Waals surface area contributed by atoms with Gasteiger partial charge in [-0.15, -0.1) is 0 Å². The molecule has 2 aliphatic rings. The largest absolute Gasteiger partial charge is 0.323 e. The fourth-order valence-corrected chi connectivity index (χ4v) is 3.98. The van der Waals surface area contributed by atoms with Crippen LogP contribution in [0.2, 0.25) is 0 Å². The van der Waals surface area contributed by atoms with Crippen molar-refractivity contribution in [1.82, 2.24) is 10.2 Å². The highest BCUT2D eigenvalue weighted by Gasteiger charge is 2.44. The van der Waals surface area contributed by atoms with Crippen molar-refractivity contribution >= 4 is 5.91 Å². The maximum atomic E-state index is 12.6. The van der Waals surface area contributed by atoms with Gasteiger partial charge >= 0.3 is 0 Å². The van der Waals surface area contributed by atoms with Gasteiger partial charge in [-0.1, -0.05) is 40.5 Å². The highest BCUT2D eigenvalue weighted by atomic mass is 16.2. The fourth-order valence-electron chi connectivity index (χ4n) is 3.98. The van der Waals surface area contributed by atoms with Gasteiger partial charge < -0.3 is 4.90 Å². The topological polar surface area (TPSA) is 32.3 Å². The molecule has 1 aliphatic carbocycles. The van der Waals surface area contributed by atoms with Gasteiger partial charge in [0.15, 0.2) is 0 Å². The van der Waals surface area contributed by atoms with E-state index in [1.165, 1.54) is 25.7 Å². The monoisotopic (exact) mass is 266 g/mol. The first-order valence-electron chi connectivity index (χ1n) is 8.18. The molecule has 110 valence electrons. The molecule has 2 fully saturated rings. The molecule has 0 aromatic heterocycles. The number of carbonyl (C=O) groups is 1. The van der Waals surface area contributed by atoms with Crippen LogP contribution in [0.3, 0.4) is 0 Å². The SMILES string of the molecule is CCC1NC(CC)N(C2CCCCC2C(C)C)C1=O. The number of nitrogens with zero attached hydrogens (tertiary/aromatic N) is 1. The summed E-state index contributed by atoms with van der Waals surface area (Å²) < 4.78 is 0. The van der Waals surface area contributed by atoms with E-state index >= 15 is 0 Å².